The van der Waals surface area contributed by atoms with Crippen LogP contribution < -0.4 is 5.32 Å². The number of ketones is 2. The van der Waals surface area contributed by atoms with E-state index in [0.717, 1.165) is 78.9 Å². The van der Waals surface area contributed by atoms with Gasteiger partial charge in [-0.25, -0.2) is 0 Å². The molecule has 0 spiro atoms. The molecule has 0 amide bonds. The highest BCUT2D eigenvalue weighted by molar-refractivity contribution is 6.29. The van der Waals surface area contributed by atoms with Gasteiger partial charge in [0.2, 0.25) is 0 Å². The normalized spacial score (nSPS) is 31.9. The van der Waals surface area contributed by atoms with Gasteiger partial charge in [0.1, 0.15) is 5.78 Å². The largest absolute Gasteiger partial charge is 0.301 e. The Balaban J connectivity index is 1.09. The van der Waals surface area contributed by atoms with Crippen molar-refractivity contribution < 1.29 is 9.59 Å². The highest BCUT2D eigenvalue weighted by atomic mass is 16.1. The van der Waals surface area contributed by atoms with Gasteiger partial charge >= 0.3 is 0 Å². The second kappa shape index (κ2) is 10.4. The molecule has 6 atom stereocenters. The summed E-state index contributed by atoms with van der Waals surface area (Å²) in [6.07, 6.45) is 15.4. The van der Waals surface area contributed by atoms with Gasteiger partial charge in [0.05, 0.1) is 6.04 Å². The summed E-state index contributed by atoms with van der Waals surface area (Å²) in [5.41, 5.74) is 4.65. The molecule has 3 heteroatoms. The summed E-state index contributed by atoms with van der Waals surface area (Å²) in [6.45, 7) is 8.82. The second-order valence-corrected chi connectivity index (χ2v) is 13.3. The van der Waals surface area contributed by atoms with Gasteiger partial charge in [-0.15, -0.1) is 0 Å². The van der Waals surface area contributed by atoms with E-state index >= 15 is 0 Å². The molecule has 1 aromatic carbocycles. The highest BCUT2D eigenvalue weighted by Crippen LogP contribution is 2.52. The third-order valence-corrected chi connectivity index (χ3v) is 9.49. The SMILES string of the molecule is C/C=C1/C=C(C(=O)C2N[C@@H]2C[C@@H]2CC3CC[C@H](C2)C3CCC(=O)CCCC(C)(C)C)c2ccccc21. The van der Waals surface area contributed by atoms with E-state index in [1.165, 1.54) is 31.2 Å². The maximum Gasteiger partial charge on any atom is 0.181 e. The van der Waals surface area contributed by atoms with E-state index in [4.69, 9.17) is 0 Å². The average molecular weight is 488 g/mol. The molecule has 3 aliphatic carbocycles. The molecule has 3 fully saturated rings. The molecular formula is C33H45NO2. The molecule has 0 radical (unpaired) electrons. The van der Waals surface area contributed by atoms with Gasteiger partial charge in [-0.1, -0.05) is 51.1 Å². The first-order chi connectivity index (χ1) is 17.2. The Labute approximate surface area is 218 Å². The summed E-state index contributed by atoms with van der Waals surface area (Å²) >= 11 is 0. The van der Waals surface area contributed by atoms with Crippen LogP contribution in [0.15, 0.2) is 36.4 Å². The van der Waals surface area contributed by atoms with Crippen molar-refractivity contribution in [2.24, 2.45) is 29.1 Å². The lowest BCUT2D eigenvalue weighted by Crippen LogP contribution is -2.28. The van der Waals surface area contributed by atoms with Crippen LogP contribution in [0.3, 0.4) is 0 Å². The molecule has 3 unspecified atom stereocenters. The minimum atomic E-state index is -0.0124. The van der Waals surface area contributed by atoms with E-state index in [1.807, 2.05) is 13.0 Å². The Morgan fingerprint density at radius 3 is 2.39 bits per heavy atom. The topological polar surface area (TPSA) is 56.1 Å². The van der Waals surface area contributed by atoms with E-state index in [2.05, 4.69) is 56.4 Å². The van der Waals surface area contributed by atoms with E-state index in [0.29, 0.717) is 17.2 Å². The fourth-order valence-electron chi connectivity index (χ4n) is 7.60. The van der Waals surface area contributed by atoms with Crippen LogP contribution in [0.2, 0.25) is 0 Å². The van der Waals surface area contributed by atoms with E-state index in [9.17, 15) is 9.59 Å². The van der Waals surface area contributed by atoms with Crippen LogP contribution in [-0.2, 0) is 9.59 Å². The first-order valence-corrected chi connectivity index (χ1v) is 14.5. The smallest absolute Gasteiger partial charge is 0.181 e. The quantitative estimate of drug-likeness (QED) is 0.350. The molecule has 1 aromatic rings. The summed E-state index contributed by atoms with van der Waals surface area (Å²) in [5.74, 6) is 3.83. The summed E-state index contributed by atoms with van der Waals surface area (Å²) < 4.78 is 0. The molecule has 4 aliphatic rings. The zero-order valence-electron chi connectivity index (χ0n) is 22.8. The average Bonchev–Trinajstić information content (AvgIpc) is 3.42. The Morgan fingerprint density at radius 2 is 1.72 bits per heavy atom. The lowest BCUT2D eigenvalue weighted by molar-refractivity contribution is -0.119. The lowest BCUT2D eigenvalue weighted by atomic mass is 9.70. The van der Waals surface area contributed by atoms with Gasteiger partial charge in [-0.2, -0.15) is 0 Å². The van der Waals surface area contributed by atoms with Crippen LogP contribution in [0.5, 0.6) is 0 Å². The number of rotatable bonds is 10. The van der Waals surface area contributed by atoms with Crippen molar-refractivity contribution >= 4 is 22.7 Å². The van der Waals surface area contributed by atoms with Crippen LogP contribution in [0, 0.1) is 29.1 Å². The van der Waals surface area contributed by atoms with E-state index in [1.54, 1.807) is 0 Å². The molecule has 5 rings (SSSR count). The molecule has 0 aromatic heterocycles. The predicted octanol–water partition coefficient (Wildman–Crippen LogP) is 7.40. The Morgan fingerprint density at radius 1 is 1.03 bits per heavy atom. The van der Waals surface area contributed by atoms with Crippen molar-refractivity contribution in [1.82, 2.24) is 5.32 Å². The number of Topliss-reactive ketones (excluding diaryl/α,β-unsaturated/α-hetero) is 2. The standard InChI is InChI=1S/C33H45NO2/c1-5-22-20-29(28-11-7-6-10-27(22)28)32(36)31-30(34-31)19-21-17-23-12-13-24(18-21)26(23)15-14-25(35)9-8-16-33(2,3)4/h5-7,10-11,20-21,23-24,26,30-31,34H,8-9,12-19H2,1-4H3/b22-5-/t21-,23+,24?,26?,30+,31?/m0/s1. The van der Waals surface area contributed by atoms with E-state index < -0.39 is 0 Å². The molecule has 1 aliphatic heterocycles. The number of allylic oxidation sites excluding steroid dienone is 3. The fourth-order valence-corrected chi connectivity index (χ4v) is 7.60. The van der Waals surface area contributed by atoms with Crippen LogP contribution >= 0.6 is 0 Å². The first kappa shape index (κ1) is 25.6. The molecule has 2 bridgehead atoms. The minimum absolute atomic E-state index is 0.0124. The number of fused-ring (bicyclic) bond motifs is 3. The monoisotopic (exact) mass is 487 g/mol. The second-order valence-electron chi connectivity index (χ2n) is 13.3. The third kappa shape index (κ3) is 5.62. The molecular weight excluding hydrogens is 442 g/mol. The predicted molar refractivity (Wildman–Crippen MR) is 148 cm³/mol. The van der Waals surface area contributed by atoms with Crippen molar-refractivity contribution in [1.29, 1.82) is 0 Å². The number of benzene rings is 1. The summed E-state index contributed by atoms with van der Waals surface area (Å²) in [6, 6.07) is 8.61. The van der Waals surface area contributed by atoms with E-state index in [-0.39, 0.29) is 11.8 Å². The molecule has 1 N–H and O–H groups in total. The van der Waals surface area contributed by atoms with Crippen molar-refractivity contribution in [3.8, 4) is 0 Å². The minimum Gasteiger partial charge on any atom is -0.301 e. The van der Waals surface area contributed by atoms with Crippen LogP contribution in [0.1, 0.15) is 103 Å². The zero-order valence-corrected chi connectivity index (χ0v) is 22.8. The zero-order chi connectivity index (χ0) is 25.4. The van der Waals surface area contributed by atoms with Gasteiger partial charge < -0.3 is 5.32 Å². The first-order valence-electron chi connectivity index (χ1n) is 14.5. The van der Waals surface area contributed by atoms with Crippen LogP contribution in [0.25, 0.3) is 11.1 Å². The van der Waals surface area contributed by atoms with Crippen molar-refractivity contribution in [3.05, 3.63) is 47.5 Å². The van der Waals surface area contributed by atoms with Gasteiger partial charge in [0.25, 0.3) is 0 Å². The van der Waals surface area contributed by atoms with Gasteiger partial charge in [-0.3, -0.25) is 9.59 Å². The number of nitrogens with one attached hydrogen (secondary N) is 1. The Kier molecular flexibility index (Phi) is 7.41. The van der Waals surface area contributed by atoms with Crippen molar-refractivity contribution in [2.75, 3.05) is 0 Å². The Bertz CT molecular complexity index is 1040. The maximum absolute atomic E-state index is 13.4. The number of carbonyl (C=O) groups is 2. The molecule has 2 saturated carbocycles. The van der Waals surface area contributed by atoms with Crippen molar-refractivity contribution in [3.63, 3.8) is 0 Å². The summed E-state index contributed by atoms with van der Waals surface area (Å²) in [4.78, 5) is 25.9. The number of carbonyl (C=O) groups excluding carboxylic acids is 2. The lowest BCUT2D eigenvalue weighted by Gasteiger charge is -2.35. The van der Waals surface area contributed by atoms with Crippen molar-refractivity contribution in [2.45, 2.75) is 104 Å². The molecule has 3 nitrogen and oxygen atoms in total. The summed E-state index contributed by atoms with van der Waals surface area (Å²) in [7, 11) is 0. The molecule has 36 heavy (non-hydrogen) atoms. The third-order valence-electron chi connectivity index (χ3n) is 9.49. The number of hydrogen-bond donors (Lipinski definition) is 1. The number of hydrogen-bond acceptors (Lipinski definition) is 3. The van der Waals surface area contributed by atoms with Gasteiger partial charge in [0, 0.05) is 24.5 Å². The van der Waals surface area contributed by atoms with Crippen LogP contribution in [-0.4, -0.2) is 23.7 Å². The van der Waals surface area contributed by atoms with Gasteiger partial charge in [-0.05, 0) is 110 Å². The van der Waals surface area contributed by atoms with Crippen LogP contribution in [0.4, 0.5) is 0 Å². The van der Waals surface area contributed by atoms with Gasteiger partial charge in [0.15, 0.2) is 5.78 Å². The molecule has 194 valence electrons. The maximum atomic E-state index is 13.4. The highest BCUT2D eigenvalue weighted by Gasteiger charge is 2.48. The Hall–Kier alpha value is -2.00. The summed E-state index contributed by atoms with van der Waals surface area (Å²) in [5, 5.41) is 3.53. The molecule has 1 heterocycles. The fraction of sp³-hybridized carbons (Fsp3) is 0.636. The molecule has 1 saturated heterocycles.